The molecule has 0 aliphatic heterocycles. The van der Waals surface area contributed by atoms with Crippen molar-refractivity contribution in [1.82, 2.24) is 5.32 Å². The fraction of sp³-hybridized carbons (Fsp3) is 0.259. The third-order valence-electron chi connectivity index (χ3n) is 4.89. The molecular weight excluding hydrogens is 402 g/mol. The molecule has 32 heavy (non-hydrogen) atoms. The summed E-state index contributed by atoms with van der Waals surface area (Å²) in [7, 11) is 0. The van der Waals surface area contributed by atoms with Gasteiger partial charge in [-0.3, -0.25) is 0 Å². The Balaban J connectivity index is 1.99. The third-order valence-corrected chi connectivity index (χ3v) is 4.89. The lowest BCUT2D eigenvalue weighted by molar-refractivity contribution is -0.112. The van der Waals surface area contributed by atoms with Gasteiger partial charge in [0.2, 0.25) is 0 Å². The Morgan fingerprint density at radius 2 is 1.22 bits per heavy atom. The molecule has 0 aromatic heterocycles. The van der Waals surface area contributed by atoms with Gasteiger partial charge < -0.3 is 19.6 Å². The van der Waals surface area contributed by atoms with Gasteiger partial charge in [0.15, 0.2) is 0 Å². The molecule has 0 aliphatic rings. The maximum absolute atomic E-state index is 12.2. The van der Waals surface area contributed by atoms with Gasteiger partial charge in [-0.05, 0) is 37.5 Å². The summed E-state index contributed by atoms with van der Waals surface area (Å²) in [5.74, 6) is 0. The fourth-order valence-electron chi connectivity index (χ4n) is 3.56. The summed E-state index contributed by atoms with van der Waals surface area (Å²) < 4.78 is 11.9. The van der Waals surface area contributed by atoms with E-state index in [1.165, 1.54) is 0 Å². The van der Waals surface area contributed by atoms with E-state index in [0.29, 0.717) is 6.29 Å². The zero-order valence-electron chi connectivity index (χ0n) is 18.7. The molecule has 0 bridgehead atoms. The quantitative estimate of drug-likeness (QED) is 0.399. The first kappa shape index (κ1) is 23.2. The van der Waals surface area contributed by atoms with Gasteiger partial charge in [0.1, 0.15) is 23.5 Å². The van der Waals surface area contributed by atoms with Crippen molar-refractivity contribution in [2.45, 2.75) is 38.0 Å². The second-order valence-corrected chi connectivity index (χ2v) is 8.48. The number of alkyl carbamates (subject to hydrolysis) is 1. The van der Waals surface area contributed by atoms with Crippen molar-refractivity contribution in [3.8, 4) is 0 Å². The molecule has 3 aromatic carbocycles. The summed E-state index contributed by atoms with van der Waals surface area (Å²) in [6, 6.07) is 28.7. The van der Waals surface area contributed by atoms with Crippen LogP contribution in [0.2, 0.25) is 0 Å². The lowest BCUT2D eigenvalue weighted by Crippen LogP contribution is -2.45. The van der Waals surface area contributed by atoms with Gasteiger partial charge in [0, 0.05) is 0 Å². The number of hydrogen-bond donors (Lipinski definition) is 1. The third kappa shape index (κ3) is 5.62. The lowest BCUT2D eigenvalue weighted by atomic mass is 9.80. The summed E-state index contributed by atoms with van der Waals surface area (Å²) in [6.07, 6.45) is -0.00159. The SMILES string of the molecule is CC(C)(C)OC(=O)NC(C=O)COC(c1ccccc1)(c1ccccc1)c1ccccc1. The van der Waals surface area contributed by atoms with E-state index in [4.69, 9.17) is 9.47 Å². The Kier molecular flexibility index (Phi) is 7.44. The van der Waals surface area contributed by atoms with Crippen LogP contribution in [0.15, 0.2) is 91.0 Å². The second kappa shape index (κ2) is 10.2. The van der Waals surface area contributed by atoms with Gasteiger partial charge in [-0.15, -0.1) is 0 Å². The Morgan fingerprint density at radius 3 is 1.56 bits per heavy atom. The van der Waals surface area contributed by atoms with E-state index in [9.17, 15) is 9.59 Å². The van der Waals surface area contributed by atoms with Crippen LogP contribution >= 0.6 is 0 Å². The van der Waals surface area contributed by atoms with Crippen LogP contribution in [0.1, 0.15) is 37.5 Å². The summed E-state index contributed by atoms with van der Waals surface area (Å²) >= 11 is 0. The van der Waals surface area contributed by atoms with Gasteiger partial charge in [-0.2, -0.15) is 0 Å². The van der Waals surface area contributed by atoms with E-state index in [1.54, 1.807) is 20.8 Å². The molecule has 5 nitrogen and oxygen atoms in total. The van der Waals surface area contributed by atoms with Crippen LogP contribution in [0.5, 0.6) is 0 Å². The van der Waals surface area contributed by atoms with Crippen LogP contribution in [0.4, 0.5) is 4.79 Å². The molecule has 1 atom stereocenters. The maximum atomic E-state index is 12.2. The van der Waals surface area contributed by atoms with Crippen molar-refractivity contribution < 1.29 is 19.1 Å². The first-order valence-corrected chi connectivity index (χ1v) is 10.6. The van der Waals surface area contributed by atoms with Crippen LogP contribution in [0, 0.1) is 0 Å². The monoisotopic (exact) mass is 431 g/mol. The minimum absolute atomic E-state index is 0.0403. The number of carbonyl (C=O) groups is 2. The average Bonchev–Trinajstić information content (AvgIpc) is 2.79. The Bertz CT molecular complexity index is 901. The minimum atomic E-state index is -0.972. The molecule has 0 heterocycles. The standard InChI is InChI=1S/C27H29NO4/c1-26(2,3)32-25(30)28-24(19-29)20-31-27(21-13-7-4-8-14-21,22-15-9-5-10-16-22)23-17-11-6-12-18-23/h4-19,24H,20H2,1-3H3,(H,28,30). The van der Waals surface area contributed by atoms with Gasteiger partial charge >= 0.3 is 6.09 Å². The van der Waals surface area contributed by atoms with Crippen LogP contribution in [0.25, 0.3) is 0 Å². The normalized spacial score (nSPS) is 12.6. The zero-order chi connectivity index (χ0) is 23.0. The Hall–Kier alpha value is -3.44. The molecule has 0 saturated carbocycles. The van der Waals surface area contributed by atoms with Crippen LogP contribution < -0.4 is 5.32 Å². The van der Waals surface area contributed by atoms with E-state index >= 15 is 0 Å². The Labute approximate surface area is 189 Å². The number of nitrogens with one attached hydrogen (secondary N) is 1. The highest BCUT2D eigenvalue weighted by molar-refractivity contribution is 5.73. The van der Waals surface area contributed by atoms with Crippen molar-refractivity contribution in [3.63, 3.8) is 0 Å². The van der Waals surface area contributed by atoms with Crippen LogP contribution in [-0.4, -0.2) is 30.6 Å². The van der Waals surface area contributed by atoms with Crippen LogP contribution in [-0.2, 0) is 19.9 Å². The molecule has 3 aromatic rings. The van der Waals surface area contributed by atoms with E-state index < -0.39 is 23.3 Å². The Morgan fingerprint density at radius 1 is 0.812 bits per heavy atom. The van der Waals surface area contributed by atoms with Crippen molar-refractivity contribution in [3.05, 3.63) is 108 Å². The summed E-state index contributed by atoms with van der Waals surface area (Å²) in [5, 5.41) is 2.60. The molecule has 0 spiro atoms. The largest absolute Gasteiger partial charge is 0.444 e. The first-order chi connectivity index (χ1) is 15.3. The van der Waals surface area contributed by atoms with Crippen molar-refractivity contribution >= 4 is 12.4 Å². The number of amides is 1. The van der Waals surface area contributed by atoms with Gasteiger partial charge in [0.05, 0.1) is 6.61 Å². The predicted octanol–water partition coefficient (Wildman–Crippen LogP) is 5.09. The number of hydrogen-bond acceptors (Lipinski definition) is 4. The first-order valence-electron chi connectivity index (χ1n) is 10.6. The number of carbonyl (C=O) groups excluding carboxylic acids is 2. The molecule has 0 aliphatic carbocycles. The van der Waals surface area contributed by atoms with Gasteiger partial charge in [0.25, 0.3) is 0 Å². The number of ether oxygens (including phenoxy) is 2. The van der Waals surface area contributed by atoms with E-state index in [0.717, 1.165) is 16.7 Å². The van der Waals surface area contributed by atoms with Crippen LogP contribution in [0.3, 0.4) is 0 Å². The zero-order valence-corrected chi connectivity index (χ0v) is 18.7. The molecule has 0 radical (unpaired) electrons. The molecule has 1 amide bonds. The van der Waals surface area contributed by atoms with E-state index in [-0.39, 0.29) is 6.61 Å². The highest BCUT2D eigenvalue weighted by Gasteiger charge is 2.38. The molecule has 0 saturated heterocycles. The molecule has 0 fully saturated rings. The molecule has 1 unspecified atom stereocenters. The number of rotatable bonds is 8. The minimum Gasteiger partial charge on any atom is -0.444 e. The van der Waals surface area contributed by atoms with Crippen molar-refractivity contribution in [2.24, 2.45) is 0 Å². The molecular formula is C27H29NO4. The average molecular weight is 432 g/mol. The number of aldehydes is 1. The molecule has 1 N–H and O–H groups in total. The van der Waals surface area contributed by atoms with Gasteiger partial charge in [-0.1, -0.05) is 91.0 Å². The second-order valence-electron chi connectivity index (χ2n) is 8.48. The van der Waals surface area contributed by atoms with Crippen molar-refractivity contribution in [2.75, 3.05) is 6.61 Å². The summed E-state index contributed by atoms with van der Waals surface area (Å²) in [5.41, 5.74) is 1.11. The fourth-order valence-corrected chi connectivity index (χ4v) is 3.56. The summed E-state index contributed by atoms with van der Waals surface area (Å²) in [4.78, 5) is 24.0. The highest BCUT2D eigenvalue weighted by Crippen LogP contribution is 2.40. The smallest absolute Gasteiger partial charge is 0.408 e. The lowest BCUT2D eigenvalue weighted by Gasteiger charge is -2.36. The van der Waals surface area contributed by atoms with Gasteiger partial charge in [-0.25, -0.2) is 4.79 Å². The topological polar surface area (TPSA) is 64.6 Å². The summed E-state index contributed by atoms with van der Waals surface area (Å²) in [6.45, 7) is 5.26. The number of benzene rings is 3. The van der Waals surface area contributed by atoms with E-state index in [1.807, 2.05) is 91.0 Å². The van der Waals surface area contributed by atoms with E-state index in [2.05, 4.69) is 5.32 Å². The highest BCUT2D eigenvalue weighted by atomic mass is 16.6. The molecule has 5 heteroatoms. The predicted molar refractivity (Wildman–Crippen MR) is 124 cm³/mol. The molecule has 3 rings (SSSR count). The van der Waals surface area contributed by atoms with Crippen molar-refractivity contribution in [1.29, 1.82) is 0 Å². The molecule has 166 valence electrons. The maximum Gasteiger partial charge on any atom is 0.408 e.